The number of nitrogens with two attached hydrogens (primary N) is 1. The van der Waals surface area contributed by atoms with Crippen molar-refractivity contribution in [2.45, 2.75) is 31.7 Å². The second-order valence-electron chi connectivity index (χ2n) is 6.56. The fourth-order valence-corrected chi connectivity index (χ4v) is 3.33. The van der Waals surface area contributed by atoms with Crippen molar-refractivity contribution in [1.29, 1.82) is 0 Å². The van der Waals surface area contributed by atoms with E-state index in [1.54, 1.807) is 6.33 Å². The number of allylic oxidation sites excluding steroid dienone is 1. The van der Waals surface area contributed by atoms with Crippen molar-refractivity contribution < 1.29 is 5.11 Å². The number of hydrogen-bond donors (Lipinski definition) is 3. The molecule has 0 bridgehead atoms. The predicted octanol–water partition coefficient (Wildman–Crippen LogP) is 1.73. The van der Waals surface area contributed by atoms with Crippen molar-refractivity contribution in [3.63, 3.8) is 0 Å². The Morgan fingerprint density at radius 1 is 1.30 bits per heavy atom. The molecule has 0 aromatic carbocycles. The minimum atomic E-state index is 0.158. The number of imidazole rings is 1. The van der Waals surface area contributed by atoms with Gasteiger partial charge in [0.25, 0.3) is 0 Å². The first-order valence-corrected chi connectivity index (χ1v) is 8.27. The Labute approximate surface area is 134 Å². The smallest absolute Gasteiger partial charge is 0.224 e. The number of nitrogen functional groups attached to an aromatic ring is 1. The number of fused-ring (bicyclic) bond motifs is 1. The van der Waals surface area contributed by atoms with Crippen molar-refractivity contribution in [3.05, 3.63) is 18.5 Å². The molecule has 4 rings (SSSR count). The first-order valence-electron chi connectivity index (χ1n) is 8.27. The highest BCUT2D eigenvalue weighted by Gasteiger charge is 2.23. The molecule has 2 aromatic rings. The summed E-state index contributed by atoms with van der Waals surface area (Å²) in [7, 11) is 0. The van der Waals surface area contributed by atoms with E-state index in [0.717, 1.165) is 35.9 Å². The van der Waals surface area contributed by atoms with Crippen molar-refractivity contribution in [2.24, 2.45) is 11.8 Å². The van der Waals surface area contributed by atoms with Crippen molar-refractivity contribution >= 4 is 22.9 Å². The van der Waals surface area contributed by atoms with Crippen LogP contribution in [0.5, 0.6) is 0 Å². The second-order valence-corrected chi connectivity index (χ2v) is 6.56. The summed E-state index contributed by atoms with van der Waals surface area (Å²) in [5.41, 5.74) is 7.41. The monoisotopic (exact) mass is 314 g/mol. The largest absolute Gasteiger partial charge is 0.396 e. The molecule has 2 unspecified atom stereocenters. The average molecular weight is 314 g/mol. The van der Waals surface area contributed by atoms with E-state index in [1.807, 2.05) is 4.57 Å². The van der Waals surface area contributed by atoms with E-state index < -0.39 is 0 Å². The van der Waals surface area contributed by atoms with Gasteiger partial charge in [0.2, 0.25) is 5.95 Å². The van der Waals surface area contributed by atoms with Crippen molar-refractivity contribution in [3.8, 4) is 0 Å². The van der Waals surface area contributed by atoms with Crippen molar-refractivity contribution in [2.75, 3.05) is 24.2 Å². The molecule has 2 atom stereocenters. The third kappa shape index (κ3) is 2.65. The molecule has 122 valence electrons. The van der Waals surface area contributed by atoms with E-state index in [-0.39, 0.29) is 24.5 Å². The van der Waals surface area contributed by atoms with Gasteiger partial charge in [-0.25, -0.2) is 4.98 Å². The summed E-state index contributed by atoms with van der Waals surface area (Å²) in [6.45, 7) is 1.08. The van der Waals surface area contributed by atoms with Gasteiger partial charge in [-0.05, 0) is 25.2 Å². The molecule has 7 heteroatoms. The maximum atomic E-state index is 9.30. The number of hydrogen-bond acceptors (Lipinski definition) is 6. The SMILES string of the molecule is Nc1nc(NCC2CCC2)c2ncn(C3C=CC(CO)C3)c2n1. The molecule has 1 fully saturated rings. The first kappa shape index (κ1) is 14.4. The Bertz CT molecular complexity index is 735. The zero-order valence-electron chi connectivity index (χ0n) is 13.0. The van der Waals surface area contributed by atoms with Gasteiger partial charge in [-0.1, -0.05) is 18.6 Å². The minimum absolute atomic E-state index is 0.158. The Morgan fingerprint density at radius 3 is 2.87 bits per heavy atom. The Balaban J connectivity index is 1.63. The van der Waals surface area contributed by atoms with Crippen LogP contribution >= 0.6 is 0 Å². The maximum Gasteiger partial charge on any atom is 0.224 e. The van der Waals surface area contributed by atoms with Gasteiger partial charge in [0.05, 0.1) is 12.4 Å². The molecule has 2 heterocycles. The molecular formula is C16H22N6O. The van der Waals surface area contributed by atoms with Crippen LogP contribution in [0.1, 0.15) is 31.7 Å². The summed E-state index contributed by atoms with van der Waals surface area (Å²) in [5, 5.41) is 12.7. The van der Waals surface area contributed by atoms with Crippen LogP contribution in [-0.2, 0) is 0 Å². The average Bonchev–Trinajstić information content (AvgIpc) is 3.11. The highest BCUT2D eigenvalue weighted by Crippen LogP contribution is 2.32. The van der Waals surface area contributed by atoms with Gasteiger partial charge in [0, 0.05) is 19.1 Å². The molecule has 0 radical (unpaired) electrons. The summed E-state index contributed by atoms with van der Waals surface area (Å²) in [6, 6.07) is 0.158. The van der Waals surface area contributed by atoms with Crippen LogP contribution in [-0.4, -0.2) is 37.8 Å². The third-order valence-electron chi connectivity index (χ3n) is 4.96. The van der Waals surface area contributed by atoms with E-state index in [4.69, 9.17) is 5.73 Å². The number of aliphatic hydroxyl groups is 1. The van der Waals surface area contributed by atoms with E-state index in [9.17, 15) is 5.11 Å². The summed E-state index contributed by atoms with van der Waals surface area (Å²) >= 11 is 0. The van der Waals surface area contributed by atoms with Gasteiger partial charge in [0.15, 0.2) is 17.0 Å². The standard InChI is InChI=1S/C16H22N6O/c17-16-20-14(18-7-10-2-1-3-10)13-15(21-16)22(9-19-13)12-5-4-11(6-12)8-23/h4-5,9-12,23H,1-3,6-8H2,(H3,17,18,20,21). The zero-order chi connectivity index (χ0) is 15.8. The second kappa shape index (κ2) is 5.81. The molecule has 0 saturated heterocycles. The molecule has 2 aliphatic rings. The number of anilines is 2. The van der Waals surface area contributed by atoms with Crippen LogP contribution in [0.25, 0.3) is 11.2 Å². The quantitative estimate of drug-likeness (QED) is 0.726. The van der Waals surface area contributed by atoms with Crippen LogP contribution in [0.2, 0.25) is 0 Å². The molecular weight excluding hydrogens is 292 g/mol. The number of nitrogens with one attached hydrogen (secondary N) is 1. The van der Waals surface area contributed by atoms with Gasteiger partial charge >= 0.3 is 0 Å². The Kier molecular flexibility index (Phi) is 3.65. The molecule has 4 N–H and O–H groups in total. The molecule has 2 aliphatic carbocycles. The van der Waals surface area contributed by atoms with Crippen LogP contribution in [0.3, 0.4) is 0 Å². The fraction of sp³-hybridized carbons (Fsp3) is 0.562. The summed E-state index contributed by atoms with van der Waals surface area (Å²) in [5.74, 6) is 1.91. The fourth-order valence-electron chi connectivity index (χ4n) is 3.33. The van der Waals surface area contributed by atoms with Crippen LogP contribution in [0.15, 0.2) is 18.5 Å². The molecule has 23 heavy (non-hydrogen) atoms. The van der Waals surface area contributed by atoms with Crippen molar-refractivity contribution in [1.82, 2.24) is 19.5 Å². The first-order chi connectivity index (χ1) is 11.2. The zero-order valence-corrected chi connectivity index (χ0v) is 13.0. The van der Waals surface area contributed by atoms with E-state index in [2.05, 4.69) is 32.4 Å². The van der Waals surface area contributed by atoms with E-state index >= 15 is 0 Å². The molecule has 0 spiro atoms. The Morgan fingerprint density at radius 2 is 2.17 bits per heavy atom. The summed E-state index contributed by atoms with van der Waals surface area (Å²) in [6.07, 6.45) is 10.7. The van der Waals surface area contributed by atoms with Gasteiger partial charge < -0.3 is 20.7 Å². The lowest BCUT2D eigenvalue weighted by Gasteiger charge is -2.25. The van der Waals surface area contributed by atoms with E-state index in [0.29, 0.717) is 0 Å². The number of aromatic nitrogens is 4. The molecule has 1 saturated carbocycles. The molecule has 0 aliphatic heterocycles. The lowest BCUT2D eigenvalue weighted by molar-refractivity contribution is 0.244. The Hall–Kier alpha value is -2.15. The van der Waals surface area contributed by atoms with Gasteiger partial charge in [-0.3, -0.25) is 0 Å². The number of nitrogens with zero attached hydrogens (tertiary/aromatic N) is 4. The van der Waals surface area contributed by atoms with Crippen LogP contribution in [0.4, 0.5) is 11.8 Å². The number of aliphatic hydroxyl groups excluding tert-OH is 1. The molecule has 7 nitrogen and oxygen atoms in total. The van der Waals surface area contributed by atoms with Crippen LogP contribution in [0, 0.1) is 11.8 Å². The third-order valence-corrected chi connectivity index (χ3v) is 4.96. The minimum Gasteiger partial charge on any atom is -0.396 e. The van der Waals surface area contributed by atoms with Gasteiger partial charge in [-0.15, -0.1) is 0 Å². The number of rotatable bonds is 5. The summed E-state index contributed by atoms with van der Waals surface area (Å²) < 4.78 is 2.02. The topological polar surface area (TPSA) is 102 Å². The highest BCUT2D eigenvalue weighted by molar-refractivity contribution is 5.84. The van der Waals surface area contributed by atoms with Gasteiger partial charge in [-0.2, -0.15) is 9.97 Å². The lowest BCUT2D eigenvalue weighted by atomic mass is 9.85. The lowest BCUT2D eigenvalue weighted by Crippen LogP contribution is -2.21. The van der Waals surface area contributed by atoms with E-state index in [1.165, 1.54) is 19.3 Å². The highest BCUT2D eigenvalue weighted by atomic mass is 16.3. The summed E-state index contributed by atoms with van der Waals surface area (Å²) in [4.78, 5) is 13.2. The molecule has 2 aromatic heterocycles. The predicted molar refractivity (Wildman–Crippen MR) is 88.9 cm³/mol. The molecule has 0 amide bonds. The van der Waals surface area contributed by atoms with Crippen LogP contribution < -0.4 is 11.1 Å². The normalized spacial score (nSPS) is 24.2. The maximum absolute atomic E-state index is 9.30. The van der Waals surface area contributed by atoms with Gasteiger partial charge in [0.1, 0.15) is 0 Å².